The predicted octanol–water partition coefficient (Wildman–Crippen LogP) is 1.67. The Kier molecular flexibility index (Phi) is 2.15. The monoisotopic (exact) mass is 149 g/mol. The quantitative estimate of drug-likeness (QED) is 0.373. The zero-order chi connectivity index (χ0) is 6.04. The van der Waals surface area contributed by atoms with E-state index < -0.39 is 0 Å². The second-order valence-electron chi connectivity index (χ2n) is 2.53. The molecule has 2 heteroatoms. The Morgan fingerprint density at radius 2 is 2.25 bits per heavy atom. The minimum atomic E-state index is 0.568. The van der Waals surface area contributed by atoms with Gasteiger partial charge in [-0.1, -0.05) is 0 Å². The van der Waals surface area contributed by atoms with E-state index in [2.05, 4.69) is 25.6 Å². The van der Waals surface area contributed by atoms with Gasteiger partial charge in [-0.15, -0.1) is 11.8 Å². The third-order valence-corrected chi connectivity index (χ3v) is 4.53. The Labute approximate surface area is 59.8 Å². The molecule has 0 N–H and O–H groups in total. The smallest absolute Gasteiger partial charge is 0.103 e. The van der Waals surface area contributed by atoms with Crippen LogP contribution in [-0.4, -0.2) is 15.6 Å². The number of rotatable bonds is 0. The summed E-state index contributed by atoms with van der Waals surface area (Å²) < 4.78 is 0.568. The van der Waals surface area contributed by atoms with Crippen molar-refractivity contribution in [1.29, 1.82) is 0 Å². The summed E-state index contributed by atoms with van der Waals surface area (Å²) in [4.78, 5) is 0. The van der Waals surface area contributed by atoms with Crippen molar-refractivity contribution in [2.75, 3.05) is 11.5 Å². The van der Waals surface area contributed by atoms with Gasteiger partial charge in [0.1, 0.15) is 5.75 Å². The third kappa shape index (κ3) is 1.90. The fraction of sp³-hybridized carbons (Fsp3) is 1.00. The van der Waals surface area contributed by atoms with Crippen LogP contribution in [0.4, 0.5) is 0 Å². The van der Waals surface area contributed by atoms with Gasteiger partial charge in [0.2, 0.25) is 0 Å². The number of hydrogen-bond donors (Lipinski definition) is 0. The van der Waals surface area contributed by atoms with Gasteiger partial charge in [0.15, 0.2) is 4.08 Å². The molecule has 0 amide bonds. The highest BCUT2D eigenvalue weighted by Gasteiger charge is 2.29. The summed E-state index contributed by atoms with van der Waals surface area (Å²) in [6, 6.07) is 0. The SMILES string of the molecule is CC1(C)SCCC[SH+]1. The van der Waals surface area contributed by atoms with Crippen LogP contribution in [0, 0.1) is 0 Å². The van der Waals surface area contributed by atoms with E-state index in [9.17, 15) is 0 Å². The van der Waals surface area contributed by atoms with Crippen LogP contribution in [0.25, 0.3) is 0 Å². The van der Waals surface area contributed by atoms with Crippen LogP contribution in [0.2, 0.25) is 0 Å². The van der Waals surface area contributed by atoms with E-state index in [0.29, 0.717) is 4.08 Å². The Bertz CT molecular complexity index is 70.6. The van der Waals surface area contributed by atoms with E-state index in [4.69, 9.17) is 0 Å². The van der Waals surface area contributed by atoms with Crippen molar-refractivity contribution < 1.29 is 0 Å². The number of hydrogen-bond acceptors (Lipinski definition) is 1. The summed E-state index contributed by atoms with van der Waals surface area (Å²) in [6.07, 6.45) is 1.43. The largest absolute Gasteiger partial charge is 0.165 e. The van der Waals surface area contributed by atoms with Gasteiger partial charge in [0.25, 0.3) is 0 Å². The standard InChI is InChI=1S/C6H12S2/c1-6(2)7-4-3-5-8-6/h3-5H2,1-2H3/p+1. The van der Waals surface area contributed by atoms with Crippen molar-refractivity contribution in [3.8, 4) is 0 Å². The van der Waals surface area contributed by atoms with E-state index in [1.54, 1.807) is 11.8 Å². The van der Waals surface area contributed by atoms with Gasteiger partial charge in [-0.05, 0) is 25.6 Å². The average molecular weight is 149 g/mol. The van der Waals surface area contributed by atoms with Crippen molar-refractivity contribution in [2.24, 2.45) is 0 Å². The van der Waals surface area contributed by atoms with Crippen molar-refractivity contribution in [3.63, 3.8) is 0 Å². The van der Waals surface area contributed by atoms with Gasteiger partial charge in [-0.25, -0.2) is 0 Å². The molecule has 0 aromatic rings. The van der Waals surface area contributed by atoms with Crippen molar-refractivity contribution >= 4 is 23.5 Å². The molecule has 8 heavy (non-hydrogen) atoms. The highest BCUT2D eigenvalue weighted by atomic mass is 32.2. The Morgan fingerprint density at radius 3 is 2.50 bits per heavy atom. The molecule has 0 aromatic carbocycles. The van der Waals surface area contributed by atoms with E-state index in [-0.39, 0.29) is 0 Å². The fourth-order valence-corrected chi connectivity index (χ4v) is 3.55. The second kappa shape index (κ2) is 2.53. The lowest BCUT2D eigenvalue weighted by Gasteiger charge is -2.19. The maximum atomic E-state index is 2.33. The van der Waals surface area contributed by atoms with Crippen molar-refractivity contribution in [3.05, 3.63) is 0 Å². The molecule has 1 heterocycles. The molecule has 0 aromatic heterocycles. The lowest BCUT2D eigenvalue weighted by Crippen LogP contribution is -2.24. The van der Waals surface area contributed by atoms with Gasteiger partial charge in [0, 0.05) is 12.2 Å². The van der Waals surface area contributed by atoms with Crippen LogP contribution in [0.1, 0.15) is 20.3 Å². The molecular weight excluding hydrogens is 136 g/mol. The first kappa shape index (κ1) is 6.81. The first-order chi connectivity index (χ1) is 3.71. The van der Waals surface area contributed by atoms with Crippen molar-refractivity contribution in [1.82, 2.24) is 0 Å². The maximum Gasteiger partial charge on any atom is 0.165 e. The van der Waals surface area contributed by atoms with Crippen LogP contribution in [0.15, 0.2) is 0 Å². The summed E-state index contributed by atoms with van der Waals surface area (Å²) in [5.74, 6) is 2.79. The Balaban J connectivity index is 2.33. The Hall–Kier alpha value is 0.700. The van der Waals surface area contributed by atoms with Gasteiger partial charge in [-0.3, -0.25) is 0 Å². The summed E-state index contributed by atoms with van der Waals surface area (Å²) in [5.41, 5.74) is 0. The maximum absolute atomic E-state index is 2.33. The molecule has 0 saturated carbocycles. The molecule has 0 atom stereocenters. The average Bonchev–Trinajstić information content (AvgIpc) is 1.65. The fourth-order valence-electron chi connectivity index (χ4n) is 0.780. The van der Waals surface area contributed by atoms with E-state index >= 15 is 0 Å². The van der Waals surface area contributed by atoms with Crippen molar-refractivity contribution in [2.45, 2.75) is 24.3 Å². The molecule has 1 fully saturated rings. The molecule has 0 bridgehead atoms. The second-order valence-corrected chi connectivity index (χ2v) is 6.43. The molecule has 0 spiro atoms. The summed E-state index contributed by atoms with van der Waals surface area (Å²) >= 11 is 3.75. The molecule has 48 valence electrons. The highest BCUT2D eigenvalue weighted by molar-refractivity contribution is 8.11. The van der Waals surface area contributed by atoms with E-state index in [1.165, 1.54) is 17.9 Å². The van der Waals surface area contributed by atoms with Gasteiger partial charge < -0.3 is 0 Å². The van der Waals surface area contributed by atoms with Crippen LogP contribution in [-0.2, 0) is 11.8 Å². The zero-order valence-electron chi connectivity index (χ0n) is 5.48. The molecule has 0 aliphatic carbocycles. The van der Waals surface area contributed by atoms with Crippen LogP contribution in [0.5, 0.6) is 0 Å². The zero-order valence-corrected chi connectivity index (χ0v) is 7.19. The summed E-state index contributed by atoms with van der Waals surface area (Å²) in [7, 11) is 0. The molecule has 1 rings (SSSR count). The van der Waals surface area contributed by atoms with Gasteiger partial charge in [0.05, 0.1) is 0 Å². The van der Waals surface area contributed by atoms with Crippen LogP contribution >= 0.6 is 11.8 Å². The first-order valence-electron chi connectivity index (χ1n) is 3.03. The van der Waals surface area contributed by atoms with Gasteiger partial charge in [-0.2, -0.15) is 0 Å². The minimum Gasteiger partial charge on any atom is -0.103 e. The number of thioether (sulfide) groups is 1. The van der Waals surface area contributed by atoms with E-state index in [0.717, 1.165) is 0 Å². The first-order valence-corrected chi connectivity index (χ1v) is 5.10. The minimum absolute atomic E-state index is 0.568. The molecule has 1 aliphatic rings. The lowest BCUT2D eigenvalue weighted by molar-refractivity contribution is 0.972. The highest BCUT2D eigenvalue weighted by Crippen LogP contribution is 2.30. The number of thiol groups is 1. The lowest BCUT2D eigenvalue weighted by atomic mass is 10.5. The third-order valence-electron chi connectivity index (χ3n) is 1.25. The molecular formula is C6H13S2+. The van der Waals surface area contributed by atoms with Crippen LogP contribution in [0.3, 0.4) is 0 Å². The Morgan fingerprint density at radius 1 is 1.50 bits per heavy atom. The van der Waals surface area contributed by atoms with Crippen LogP contribution < -0.4 is 0 Å². The molecule has 1 saturated heterocycles. The van der Waals surface area contributed by atoms with E-state index in [1.807, 2.05) is 0 Å². The molecule has 0 nitrogen and oxygen atoms in total. The molecule has 0 radical (unpaired) electrons. The molecule has 1 aliphatic heterocycles. The van der Waals surface area contributed by atoms with Gasteiger partial charge >= 0.3 is 0 Å². The molecule has 0 unspecified atom stereocenters. The summed E-state index contributed by atoms with van der Waals surface area (Å²) in [5, 5.41) is 0. The summed E-state index contributed by atoms with van der Waals surface area (Å²) in [6.45, 7) is 4.66. The normalized spacial score (nSPS) is 27.8. The predicted molar refractivity (Wildman–Crippen MR) is 44.8 cm³/mol. The topological polar surface area (TPSA) is 0 Å².